The molecule has 3 unspecified atom stereocenters. The number of aliphatic hydroxyl groups is 2. The molecule has 0 heterocycles. The van der Waals surface area contributed by atoms with Gasteiger partial charge >= 0.3 is 0 Å². The molecular weight excluding hydrogens is 230 g/mol. The van der Waals surface area contributed by atoms with E-state index in [1.165, 1.54) is 6.42 Å². The second kappa shape index (κ2) is 8.86. The van der Waals surface area contributed by atoms with Gasteiger partial charge in [0.2, 0.25) is 0 Å². The molecule has 3 N–H and O–H groups in total. The second-order valence-electron chi connectivity index (χ2n) is 5.93. The summed E-state index contributed by atoms with van der Waals surface area (Å²) in [6, 6.07) is 0. The van der Waals surface area contributed by atoms with Gasteiger partial charge in [-0.3, -0.25) is 0 Å². The van der Waals surface area contributed by atoms with Crippen molar-refractivity contribution in [2.24, 2.45) is 11.8 Å². The zero-order chi connectivity index (χ0) is 13.4. The molecule has 1 saturated carbocycles. The van der Waals surface area contributed by atoms with Crippen molar-refractivity contribution in [1.82, 2.24) is 5.32 Å². The number of hydrogen-bond donors (Lipinski definition) is 3. The van der Waals surface area contributed by atoms with E-state index in [-0.39, 0.29) is 6.10 Å². The van der Waals surface area contributed by atoms with E-state index in [0.717, 1.165) is 25.8 Å². The fraction of sp³-hybridized carbons (Fsp3) is 1.00. The van der Waals surface area contributed by atoms with Crippen LogP contribution in [0.4, 0.5) is 0 Å². The van der Waals surface area contributed by atoms with Gasteiger partial charge in [-0.25, -0.2) is 0 Å². The molecule has 0 aliphatic heterocycles. The third-order valence-corrected chi connectivity index (χ3v) is 3.33. The molecule has 0 bridgehead atoms. The lowest BCUT2D eigenvalue weighted by atomic mass is 9.87. The lowest BCUT2D eigenvalue weighted by Crippen LogP contribution is -2.35. The normalized spacial score (nSPS) is 26.5. The van der Waals surface area contributed by atoms with Crippen LogP contribution in [0.2, 0.25) is 0 Å². The molecule has 0 saturated heterocycles. The Bertz CT molecular complexity index is 211. The first kappa shape index (κ1) is 15.9. The highest BCUT2D eigenvalue weighted by atomic mass is 16.5. The Kier molecular flexibility index (Phi) is 7.82. The summed E-state index contributed by atoms with van der Waals surface area (Å²) < 4.78 is 5.39. The topological polar surface area (TPSA) is 61.7 Å². The van der Waals surface area contributed by atoms with Crippen molar-refractivity contribution in [2.45, 2.75) is 51.7 Å². The predicted octanol–water partition coefficient (Wildman–Crippen LogP) is 1.16. The van der Waals surface area contributed by atoms with Gasteiger partial charge in [-0.2, -0.15) is 0 Å². The molecule has 0 spiro atoms. The molecule has 0 aromatic heterocycles. The van der Waals surface area contributed by atoms with E-state index < -0.39 is 6.10 Å². The van der Waals surface area contributed by atoms with E-state index >= 15 is 0 Å². The lowest BCUT2D eigenvalue weighted by Gasteiger charge is -2.26. The van der Waals surface area contributed by atoms with Crippen molar-refractivity contribution in [2.75, 3.05) is 26.3 Å². The third-order valence-electron chi connectivity index (χ3n) is 3.33. The monoisotopic (exact) mass is 259 g/mol. The van der Waals surface area contributed by atoms with Crippen molar-refractivity contribution in [3.63, 3.8) is 0 Å². The Morgan fingerprint density at radius 1 is 1.28 bits per heavy atom. The van der Waals surface area contributed by atoms with Crippen LogP contribution in [0.5, 0.6) is 0 Å². The first-order valence-electron chi connectivity index (χ1n) is 7.22. The highest BCUT2D eigenvalue weighted by molar-refractivity contribution is 4.74. The van der Waals surface area contributed by atoms with Crippen LogP contribution in [0, 0.1) is 11.8 Å². The van der Waals surface area contributed by atoms with Gasteiger partial charge in [0.25, 0.3) is 0 Å². The smallest absolute Gasteiger partial charge is 0.0897 e. The van der Waals surface area contributed by atoms with E-state index in [2.05, 4.69) is 19.2 Å². The van der Waals surface area contributed by atoms with Crippen LogP contribution in [0.3, 0.4) is 0 Å². The zero-order valence-electron chi connectivity index (χ0n) is 11.8. The highest BCUT2D eigenvalue weighted by Gasteiger charge is 2.19. The summed E-state index contributed by atoms with van der Waals surface area (Å²) in [4.78, 5) is 0. The summed E-state index contributed by atoms with van der Waals surface area (Å²) in [6.45, 7) is 6.76. The number of rotatable bonds is 8. The van der Waals surface area contributed by atoms with E-state index in [1.807, 2.05) is 0 Å². The SMILES string of the molecule is CC(C)COCC(O)CNCC1CCCC(O)C1. The maximum atomic E-state index is 9.71. The van der Waals surface area contributed by atoms with Crippen molar-refractivity contribution in [3.05, 3.63) is 0 Å². The maximum Gasteiger partial charge on any atom is 0.0897 e. The Morgan fingerprint density at radius 2 is 2.06 bits per heavy atom. The molecular formula is C14H29NO3. The Morgan fingerprint density at radius 3 is 2.72 bits per heavy atom. The minimum Gasteiger partial charge on any atom is -0.393 e. The molecule has 4 nitrogen and oxygen atoms in total. The summed E-state index contributed by atoms with van der Waals surface area (Å²) >= 11 is 0. The minimum absolute atomic E-state index is 0.121. The largest absolute Gasteiger partial charge is 0.393 e. The first-order chi connectivity index (χ1) is 8.58. The second-order valence-corrected chi connectivity index (χ2v) is 5.93. The maximum absolute atomic E-state index is 9.71. The Hall–Kier alpha value is -0.160. The van der Waals surface area contributed by atoms with Gasteiger partial charge in [0.15, 0.2) is 0 Å². The molecule has 0 radical (unpaired) electrons. The molecule has 1 fully saturated rings. The van der Waals surface area contributed by atoms with Gasteiger partial charge < -0.3 is 20.3 Å². The van der Waals surface area contributed by atoms with Gasteiger partial charge in [-0.1, -0.05) is 20.3 Å². The van der Waals surface area contributed by atoms with Crippen molar-refractivity contribution < 1.29 is 14.9 Å². The standard InChI is InChI=1S/C14H29NO3/c1-11(2)9-18-10-14(17)8-15-7-12-4-3-5-13(16)6-12/h11-17H,3-10H2,1-2H3. The zero-order valence-corrected chi connectivity index (χ0v) is 11.8. The fourth-order valence-electron chi connectivity index (χ4n) is 2.40. The number of ether oxygens (including phenoxy) is 1. The van der Waals surface area contributed by atoms with Crippen LogP contribution in [0.15, 0.2) is 0 Å². The van der Waals surface area contributed by atoms with Gasteiger partial charge in [0.1, 0.15) is 0 Å². The third kappa shape index (κ3) is 7.31. The summed E-state index contributed by atoms with van der Waals surface area (Å²) in [5.74, 6) is 1.06. The molecule has 3 atom stereocenters. The molecule has 4 heteroatoms. The van der Waals surface area contributed by atoms with Crippen LogP contribution in [-0.4, -0.2) is 48.7 Å². The van der Waals surface area contributed by atoms with Crippen molar-refractivity contribution in [3.8, 4) is 0 Å². The first-order valence-corrected chi connectivity index (χ1v) is 7.22. The molecule has 0 aromatic carbocycles. The van der Waals surface area contributed by atoms with Crippen LogP contribution in [0.25, 0.3) is 0 Å². The predicted molar refractivity (Wildman–Crippen MR) is 72.5 cm³/mol. The number of aliphatic hydroxyl groups excluding tert-OH is 2. The number of hydrogen-bond acceptors (Lipinski definition) is 4. The number of nitrogens with one attached hydrogen (secondary N) is 1. The van der Waals surface area contributed by atoms with Crippen molar-refractivity contribution in [1.29, 1.82) is 0 Å². The molecule has 0 amide bonds. The molecule has 108 valence electrons. The highest BCUT2D eigenvalue weighted by Crippen LogP contribution is 2.23. The van der Waals surface area contributed by atoms with Crippen molar-refractivity contribution >= 4 is 0 Å². The van der Waals surface area contributed by atoms with E-state index in [0.29, 0.717) is 31.6 Å². The minimum atomic E-state index is -0.433. The van der Waals surface area contributed by atoms with Crippen LogP contribution in [0.1, 0.15) is 39.5 Å². The molecule has 18 heavy (non-hydrogen) atoms. The van der Waals surface area contributed by atoms with E-state index in [9.17, 15) is 10.2 Å². The average molecular weight is 259 g/mol. The van der Waals surface area contributed by atoms with Gasteiger partial charge in [-0.15, -0.1) is 0 Å². The molecule has 0 aromatic rings. The molecule has 1 aliphatic rings. The van der Waals surface area contributed by atoms with Crippen LogP contribution >= 0.6 is 0 Å². The summed E-state index contributed by atoms with van der Waals surface area (Å²) in [5, 5.41) is 22.5. The summed E-state index contributed by atoms with van der Waals surface area (Å²) in [6.07, 6.45) is 3.59. The quantitative estimate of drug-likeness (QED) is 0.612. The van der Waals surface area contributed by atoms with E-state index in [1.54, 1.807) is 0 Å². The van der Waals surface area contributed by atoms with Gasteiger partial charge in [0, 0.05) is 13.2 Å². The summed E-state index contributed by atoms with van der Waals surface area (Å²) in [7, 11) is 0. The summed E-state index contributed by atoms with van der Waals surface area (Å²) in [5.41, 5.74) is 0. The van der Waals surface area contributed by atoms with Gasteiger partial charge in [-0.05, 0) is 37.6 Å². The van der Waals surface area contributed by atoms with Gasteiger partial charge in [0.05, 0.1) is 18.8 Å². The lowest BCUT2D eigenvalue weighted by molar-refractivity contribution is 0.0250. The average Bonchev–Trinajstić information content (AvgIpc) is 2.28. The Balaban J connectivity index is 1.99. The Labute approximate surface area is 111 Å². The van der Waals surface area contributed by atoms with Crippen LogP contribution < -0.4 is 5.32 Å². The fourth-order valence-corrected chi connectivity index (χ4v) is 2.40. The molecule has 1 rings (SSSR count). The molecule has 1 aliphatic carbocycles. The van der Waals surface area contributed by atoms with E-state index in [4.69, 9.17) is 4.74 Å². The van der Waals surface area contributed by atoms with Crippen LogP contribution in [-0.2, 0) is 4.74 Å².